The predicted molar refractivity (Wildman–Crippen MR) is 95.1 cm³/mol. The molecular weight excluding hydrogens is 330 g/mol. The summed E-state index contributed by atoms with van der Waals surface area (Å²) in [4.78, 5) is 17.4. The Morgan fingerprint density at radius 2 is 2.31 bits per heavy atom. The fourth-order valence-electron chi connectivity index (χ4n) is 2.64. The Balaban J connectivity index is 1.52. The van der Waals surface area contributed by atoms with E-state index in [-0.39, 0.29) is 5.91 Å². The molecule has 3 aromatic rings. The second kappa shape index (κ2) is 6.70. The van der Waals surface area contributed by atoms with Gasteiger partial charge >= 0.3 is 0 Å². The molecule has 0 saturated heterocycles. The number of hydrogen-bond acceptors (Lipinski definition) is 3. The highest BCUT2D eigenvalue weighted by atomic mass is 16.3. The van der Waals surface area contributed by atoms with Crippen molar-refractivity contribution in [2.45, 2.75) is 6.54 Å². The third-order valence-electron chi connectivity index (χ3n) is 4.10. The first-order valence-electron chi connectivity index (χ1n) is 8.14. The molecule has 0 saturated carbocycles. The minimum absolute atomic E-state index is 0.163. The van der Waals surface area contributed by atoms with E-state index in [2.05, 4.69) is 32.3 Å². The molecule has 0 spiro atoms. The summed E-state index contributed by atoms with van der Waals surface area (Å²) in [7, 11) is 1.98. The average molecular weight is 347 g/mol. The molecule has 0 fully saturated rings. The van der Waals surface area contributed by atoms with Gasteiger partial charge in [-0.15, -0.1) is 5.10 Å². The largest absolute Gasteiger partial charge is 0.467 e. The van der Waals surface area contributed by atoms with Crippen molar-refractivity contribution >= 4 is 23.1 Å². The van der Waals surface area contributed by atoms with Crippen molar-refractivity contribution in [3.05, 3.63) is 65.5 Å². The number of carbonyl (C=O) groups excluding carboxylic acids is 1. The number of aromatic amines is 2. The fraction of sp³-hybridized carbons (Fsp3) is 0.105. The molecule has 1 atom stereocenters. The highest BCUT2D eigenvalue weighted by Crippen LogP contribution is 2.15. The van der Waals surface area contributed by atoms with Crippen molar-refractivity contribution < 1.29 is 19.2 Å². The van der Waals surface area contributed by atoms with Gasteiger partial charge in [-0.2, -0.15) is 5.10 Å². The Morgan fingerprint density at radius 1 is 1.38 bits per heavy atom. The number of furan rings is 1. The van der Waals surface area contributed by atoms with Gasteiger partial charge in [0, 0.05) is 17.6 Å². The predicted octanol–water partition coefficient (Wildman–Crippen LogP) is 0.255. The van der Waals surface area contributed by atoms with E-state index in [4.69, 9.17) is 4.42 Å². The SMILES string of the molecule is C[NH+]1C=NC=C1C#Cc1[nH][nH+]c2cc(C(=O)NCc3ccco3)ccc12. The molecule has 2 aromatic heterocycles. The number of aromatic nitrogens is 2. The van der Waals surface area contributed by atoms with Gasteiger partial charge in [-0.05, 0) is 30.2 Å². The van der Waals surface area contributed by atoms with Crippen LogP contribution in [0.25, 0.3) is 10.9 Å². The van der Waals surface area contributed by atoms with E-state index in [1.165, 1.54) is 0 Å². The van der Waals surface area contributed by atoms with E-state index in [9.17, 15) is 4.79 Å². The molecule has 128 valence electrons. The van der Waals surface area contributed by atoms with Gasteiger partial charge in [0.15, 0.2) is 12.0 Å². The van der Waals surface area contributed by atoms with Crippen molar-refractivity contribution in [2.24, 2.45) is 4.99 Å². The standard InChI is InChI=1S/C19H15N5O2/c1-24-12-20-10-14(24)5-7-17-16-6-4-13(9-18(16)23-22-17)19(25)21-11-15-3-2-8-26-15/h2-4,6,8-10,12H,11H2,1H3,(H,21,25)(H,22,23)/p+2. The maximum atomic E-state index is 12.3. The molecule has 4 N–H and O–H groups in total. The summed E-state index contributed by atoms with van der Waals surface area (Å²) in [6.07, 6.45) is 5.12. The molecular formula is C19H17N5O2+2. The number of nitrogens with one attached hydrogen (secondary N) is 4. The van der Waals surface area contributed by atoms with E-state index >= 15 is 0 Å². The lowest BCUT2D eigenvalue weighted by atomic mass is 10.1. The highest BCUT2D eigenvalue weighted by Gasteiger charge is 2.14. The number of carbonyl (C=O) groups is 1. The summed E-state index contributed by atoms with van der Waals surface area (Å²) >= 11 is 0. The van der Waals surface area contributed by atoms with E-state index in [1.54, 1.807) is 37.0 Å². The van der Waals surface area contributed by atoms with Gasteiger partial charge in [0.2, 0.25) is 11.2 Å². The van der Waals surface area contributed by atoms with Crippen LogP contribution < -0.4 is 15.3 Å². The number of quaternary nitrogens is 1. The number of allylic oxidation sites excluding steroid dienone is 1. The Bertz CT molecular complexity index is 1080. The van der Waals surface area contributed by atoms with E-state index in [1.807, 2.05) is 19.2 Å². The van der Waals surface area contributed by atoms with Crippen LogP contribution in [0.15, 0.2) is 57.9 Å². The number of rotatable bonds is 3. The van der Waals surface area contributed by atoms with Crippen LogP contribution in [0, 0.1) is 11.8 Å². The molecule has 7 nitrogen and oxygen atoms in total. The summed E-state index contributed by atoms with van der Waals surface area (Å²) in [6, 6.07) is 9.06. The zero-order valence-electron chi connectivity index (χ0n) is 14.1. The quantitative estimate of drug-likeness (QED) is 0.593. The topological polar surface area (TPSA) is 89.0 Å². The van der Waals surface area contributed by atoms with Crippen LogP contribution in [-0.2, 0) is 6.54 Å². The molecule has 1 aliphatic heterocycles. The zero-order valence-corrected chi connectivity index (χ0v) is 14.1. The molecule has 4 rings (SSSR count). The fourth-order valence-corrected chi connectivity index (χ4v) is 2.64. The van der Waals surface area contributed by atoms with Crippen LogP contribution in [0.5, 0.6) is 0 Å². The van der Waals surface area contributed by atoms with Gasteiger partial charge in [0.1, 0.15) is 12.0 Å². The van der Waals surface area contributed by atoms with Crippen LogP contribution in [-0.4, -0.2) is 24.4 Å². The number of nitrogens with zero attached hydrogens (tertiary/aromatic N) is 1. The zero-order chi connectivity index (χ0) is 17.9. The minimum atomic E-state index is -0.163. The number of fused-ring (bicyclic) bond motifs is 1. The molecule has 26 heavy (non-hydrogen) atoms. The van der Waals surface area contributed by atoms with Gasteiger partial charge in [0.05, 0.1) is 25.2 Å². The first kappa shape index (κ1) is 15.9. The molecule has 7 heteroatoms. The Kier molecular flexibility index (Phi) is 4.09. The molecule has 1 amide bonds. The number of H-pyrrole nitrogens is 2. The summed E-state index contributed by atoms with van der Waals surface area (Å²) in [5, 5.41) is 9.87. The highest BCUT2D eigenvalue weighted by molar-refractivity contribution is 5.97. The maximum absolute atomic E-state index is 12.3. The molecule has 0 aliphatic carbocycles. The minimum Gasteiger partial charge on any atom is -0.467 e. The van der Waals surface area contributed by atoms with Gasteiger partial charge in [-0.25, -0.2) is 4.99 Å². The van der Waals surface area contributed by atoms with Gasteiger partial charge in [0.25, 0.3) is 5.91 Å². The third kappa shape index (κ3) is 3.14. The van der Waals surface area contributed by atoms with Crippen LogP contribution in [0.2, 0.25) is 0 Å². The average Bonchev–Trinajstić information content (AvgIpc) is 3.39. The van der Waals surface area contributed by atoms with Crippen LogP contribution in [0.4, 0.5) is 0 Å². The van der Waals surface area contributed by atoms with Gasteiger partial charge < -0.3 is 9.73 Å². The molecule has 1 unspecified atom stereocenters. The lowest BCUT2D eigenvalue weighted by molar-refractivity contribution is -0.721. The van der Waals surface area contributed by atoms with Gasteiger partial charge in [-0.3, -0.25) is 9.69 Å². The van der Waals surface area contributed by atoms with Crippen LogP contribution >= 0.6 is 0 Å². The Morgan fingerprint density at radius 3 is 3.08 bits per heavy atom. The third-order valence-corrected chi connectivity index (χ3v) is 4.10. The number of aliphatic imine (C=N–C) groups is 1. The first-order valence-corrected chi connectivity index (χ1v) is 8.14. The summed E-state index contributed by atoms with van der Waals surface area (Å²) in [5.41, 5.74) is 3.05. The van der Waals surface area contributed by atoms with E-state index < -0.39 is 0 Å². The molecule has 0 radical (unpaired) electrons. The lowest BCUT2D eigenvalue weighted by Gasteiger charge is -2.02. The van der Waals surface area contributed by atoms with Crippen molar-refractivity contribution in [3.8, 4) is 11.8 Å². The molecule has 0 bridgehead atoms. The van der Waals surface area contributed by atoms with E-state index in [0.717, 1.165) is 27.2 Å². The lowest BCUT2D eigenvalue weighted by Crippen LogP contribution is -3.04. The second-order valence-electron chi connectivity index (χ2n) is 5.90. The monoisotopic (exact) mass is 347 g/mol. The van der Waals surface area contributed by atoms with Crippen molar-refractivity contribution in [2.75, 3.05) is 7.05 Å². The molecule has 1 aliphatic rings. The smallest absolute Gasteiger partial charge is 0.251 e. The Labute approximate surface area is 149 Å². The van der Waals surface area contributed by atoms with Crippen molar-refractivity contribution in [3.63, 3.8) is 0 Å². The summed E-state index contributed by atoms with van der Waals surface area (Å²) in [6.45, 7) is 0.352. The number of hydrogen-bond donors (Lipinski definition) is 3. The molecule has 1 aromatic carbocycles. The summed E-state index contributed by atoms with van der Waals surface area (Å²) < 4.78 is 5.21. The maximum Gasteiger partial charge on any atom is 0.251 e. The number of amides is 1. The molecule has 3 heterocycles. The number of benzene rings is 1. The summed E-state index contributed by atoms with van der Waals surface area (Å²) in [5.74, 6) is 6.77. The van der Waals surface area contributed by atoms with Gasteiger partial charge in [-0.1, -0.05) is 0 Å². The Hall–Kier alpha value is -3.63. The first-order chi connectivity index (χ1) is 12.7. The normalized spacial score (nSPS) is 15.6. The van der Waals surface area contributed by atoms with Crippen LogP contribution in [0.3, 0.4) is 0 Å². The van der Waals surface area contributed by atoms with Crippen molar-refractivity contribution in [1.82, 2.24) is 10.4 Å². The van der Waals surface area contributed by atoms with Crippen molar-refractivity contribution in [1.29, 1.82) is 0 Å². The van der Waals surface area contributed by atoms with Crippen LogP contribution in [0.1, 0.15) is 21.8 Å². The second-order valence-corrected chi connectivity index (χ2v) is 5.90. The van der Waals surface area contributed by atoms with E-state index in [0.29, 0.717) is 17.9 Å².